The molecule has 1 aliphatic rings. The fraction of sp³-hybridized carbons (Fsp3) is 0.150. The Morgan fingerprint density at radius 3 is 2.77 bits per heavy atom. The minimum Gasteiger partial charge on any atom is -0.454 e. The maximum absolute atomic E-state index is 12.5. The second kappa shape index (κ2) is 6.72. The van der Waals surface area contributed by atoms with E-state index in [-0.39, 0.29) is 18.0 Å². The summed E-state index contributed by atoms with van der Waals surface area (Å²) in [5.41, 5.74) is 2.77. The van der Waals surface area contributed by atoms with Crippen LogP contribution in [0.2, 0.25) is 0 Å². The zero-order valence-electron chi connectivity index (χ0n) is 14.1. The molecule has 1 atom stereocenters. The topological polar surface area (TPSA) is 68.3 Å². The van der Waals surface area contributed by atoms with E-state index >= 15 is 0 Å². The largest absolute Gasteiger partial charge is 0.454 e. The number of aromatic nitrogens is 1. The van der Waals surface area contributed by atoms with Crippen molar-refractivity contribution in [1.82, 2.24) is 4.98 Å². The van der Waals surface area contributed by atoms with Crippen LogP contribution in [0.3, 0.4) is 0 Å². The molecule has 0 saturated heterocycles. The normalized spacial score (nSPS) is 15.9. The average Bonchev–Trinajstić information content (AvgIpc) is 3.06. The fourth-order valence-corrected chi connectivity index (χ4v) is 3.63. The number of rotatable bonds is 3. The number of esters is 1. The number of benzene rings is 2. The molecule has 0 aliphatic carbocycles. The third kappa shape index (κ3) is 3.23. The molecule has 3 aromatic rings. The molecule has 0 saturated carbocycles. The Morgan fingerprint density at radius 1 is 1.23 bits per heavy atom. The summed E-state index contributed by atoms with van der Waals surface area (Å²) in [7, 11) is 0. The molecule has 0 unspecified atom stereocenters. The number of nitrogens with one attached hydrogen (secondary N) is 1. The van der Waals surface area contributed by atoms with Crippen molar-refractivity contribution in [2.45, 2.75) is 19.4 Å². The number of anilines is 1. The second-order valence-electron chi connectivity index (χ2n) is 6.11. The maximum atomic E-state index is 12.5. The van der Waals surface area contributed by atoms with E-state index in [0.717, 1.165) is 16.0 Å². The van der Waals surface area contributed by atoms with Gasteiger partial charge in [0, 0.05) is 23.1 Å². The molecule has 26 heavy (non-hydrogen) atoms. The van der Waals surface area contributed by atoms with E-state index in [1.165, 1.54) is 11.3 Å². The number of hydrogen-bond acceptors (Lipinski definition) is 5. The Balaban J connectivity index is 1.59. The molecular weight excluding hydrogens is 348 g/mol. The fourth-order valence-electron chi connectivity index (χ4n) is 2.97. The third-order valence-corrected chi connectivity index (χ3v) is 5.08. The standard InChI is InChI=1S/C20H16N2O3S/c1-12-11-21-20(26-12)22-18(23)14-7-8-16-15(9-14)10-17(25-19(16)24)13-5-3-2-4-6-13/h2-9,11,17H,10H2,1H3,(H,21,22,23)/t17-/m1/s1. The van der Waals surface area contributed by atoms with E-state index < -0.39 is 0 Å². The molecule has 2 heterocycles. The number of nitrogens with zero attached hydrogens (tertiary/aromatic N) is 1. The van der Waals surface area contributed by atoms with Crippen molar-refractivity contribution in [1.29, 1.82) is 0 Å². The van der Waals surface area contributed by atoms with Gasteiger partial charge in [0.1, 0.15) is 6.10 Å². The Bertz CT molecular complexity index is 982. The molecule has 130 valence electrons. The zero-order chi connectivity index (χ0) is 18.1. The lowest BCUT2D eigenvalue weighted by molar-refractivity contribution is 0.0252. The first-order chi connectivity index (χ1) is 12.6. The van der Waals surface area contributed by atoms with Crippen LogP contribution in [-0.2, 0) is 11.2 Å². The van der Waals surface area contributed by atoms with Crippen LogP contribution >= 0.6 is 11.3 Å². The van der Waals surface area contributed by atoms with Gasteiger partial charge in [0.05, 0.1) is 5.56 Å². The molecule has 1 N–H and O–H groups in total. The molecular formula is C20H16N2O3S. The lowest BCUT2D eigenvalue weighted by Gasteiger charge is -2.25. The van der Waals surface area contributed by atoms with Crippen LogP contribution in [0.5, 0.6) is 0 Å². The van der Waals surface area contributed by atoms with Crippen LogP contribution in [0.4, 0.5) is 5.13 Å². The number of cyclic esters (lactones) is 1. The molecule has 0 bridgehead atoms. The smallest absolute Gasteiger partial charge is 0.339 e. The first-order valence-corrected chi connectivity index (χ1v) is 9.04. The van der Waals surface area contributed by atoms with Crippen molar-refractivity contribution in [3.05, 3.63) is 81.9 Å². The lowest BCUT2D eigenvalue weighted by Crippen LogP contribution is -2.23. The van der Waals surface area contributed by atoms with Gasteiger partial charge in [-0.25, -0.2) is 9.78 Å². The molecule has 1 aromatic heterocycles. The molecule has 4 rings (SSSR count). The summed E-state index contributed by atoms with van der Waals surface area (Å²) in [6, 6.07) is 14.7. The van der Waals surface area contributed by atoms with Crippen molar-refractivity contribution in [3.63, 3.8) is 0 Å². The SMILES string of the molecule is Cc1cnc(NC(=O)c2ccc3c(c2)C[C@H](c2ccccc2)OC3=O)s1. The number of carbonyl (C=O) groups is 2. The van der Waals surface area contributed by atoms with Gasteiger partial charge in [0.2, 0.25) is 0 Å². The molecule has 2 aromatic carbocycles. The highest BCUT2D eigenvalue weighted by Gasteiger charge is 2.28. The quantitative estimate of drug-likeness (QED) is 0.709. The predicted octanol–water partition coefficient (Wildman–Crippen LogP) is 4.16. The van der Waals surface area contributed by atoms with E-state index in [1.807, 2.05) is 37.3 Å². The molecule has 6 heteroatoms. The van der Waals surface area contributed by atoms with Gasteiger partial charge in [-0.3, -0.25) is 10.1 Å². The number of ether oxygens (including phenoxy) is 1. The van der Waals surface area contributed by atoms with Gasteiger partial charge < -0.3 is 4.74 Å². The number of amides is 1. The molecule has 5 nitrogen and oxygen atoms in total. The lowest BCUT2D eigenvalue weighted by atomic mass is 9.93. The van der Waals surface area contributed by atoms with Gasteiger partial charge in [0.25, 0.3) is 5.91 Å². The van der Waals surface area contributed by atoms with Crippen molar-refractivity contribution < 1.29 is 14.3 Å². The summed E-state index contributed by atoms with van der Waals surface area (Å²) in [6.45, 7) is 1.93. The summed E-state index contributed by atoms with van der Waals surface area (Å²) >= 11 is 1.42. The average molecular weight is 364 g/mol. The number of thiazole rings is 1. The van der Waals surface area contributed by atoms with E-state index in [2.05, 4.69) is 10.3 Å². The Morgan fingerprint density at radius 2 is 2.04 bits per heavy atom. The van der Waals surface area contributed by atoms with Gasteiger partial charge in [-0.05, 0) is 36.2 Å². The van der Waals surface area contributed by atoms with Gasteiger partial charge in [0.15, 0.2) is 5.13 Å². The molecule has 1 amide bonds. The number of fused-ring (bicyclic) bond motifs is 1. The number of carbonyl (C=O) groups excluding carboxylic acids is 2. The van der Waals surface area contributed by atoms with Gasteiger partial charge in [-0.1, -0.05) is 30.3 Å². The molecule has 0 radical (unpaired) electrons. The molecule has 0 fully saturated rings. The predicted molar refractivity (Wildman–Crippen MR) is 99.5 cm³/mol. The Labute approximate surface area is 154 Å². The van der Waals surface area contributed by atoms with Crippen LogP contribution in [0.1, 0.15) is 42.8 Å². The minimum atomic E-state index is -0.359. The van der Waals surface area contributed by atoms with E-state index in [1.54, 1.807) is 24.4 Å². The number of aryl methyl sites for hydroxylation is 1. The van der Waals surface area contributed by atoms with Crippen LogP contribution in [0.25, 0.3) is 0 Å². The summed E-state index contributed by atoms with van der Waals surface area (Å²) < 4.78 is 5.55. The highest BCUT2D eigenvalue weighted by atomic mass is 32.1. The van der Waals surface area contributed by atoms with Gasteiger partial charge in [-0.15, -0.1) is 11.3 Å². The summed E-state index contributed by atoms with van der Waals surface area (Å²) in [6.07, 6.45) is 1.92. The van der Waals surface area contributed by atoms with Crippen molar-refractivity contribution >= 4 is 28.3 Å². The summed E-state index contributed by atoms with van der Waals surface area (Å²) in [5.74, 6) is -0.597. The highest BCUT2D eigenvalue weighted by molar-refractivity contribution is 7.15. The van der Waals surface area contributed by atoms with Crippen LogP contribution < -0.4 is 5.32 Å². The van der Waals surface area contributed by atoms with Gasteiger partial charge in [-0.2, -0.15) is 0 Å². The highest BCUT2D eigenvalue weighted by Crippen LogP contribution is 2.31. The molecule has 1 aliphatic heterocycles. The monoisotopic (exact) mass is 364 g/mol. The first-order valence-electron chi connectivity index (χ1n) is 8.23. The van der Waals surface area contributed by atoms with Crippen molar-refractivity contribution in [2.24, 2.45) is 0 Å². The summed E-state index contributed by atoms with van der Waals surface area (Å²) in [4.78, 5) is 30.0. The van der Waals surface area contributed by atoms with Crippen LogP contribution in [0.15, 0.2) is 54.7 Å². The Hall–Kier alpha value is -2.99. The van der Waals surface area contributed by atoms with Crippen molar-refractivity contribution in [2.75, 3.05) is 5.32 Å². The maximum Gasteiger partial charge on any atom is 0.339 e. The second-order valence-corrected chi connectivity index (χ2v) is 7.35. The number of hydrogen-bond donors (Lipinski definition) is 1. The van der Waals surface area contributed by atoms with Gasteiger partial charge >= 0.3 is 5.97 Å². The first kappa shape index (κ1) is 16.5. The summed E-state index contributed by atoms with van der Waals surface area (Å²) in [5, 5.41) is 3.35. The van der Waals surface area contributed by atoms with E-state index in [9.17, 15) is 9.59 Å². The Kier molecular flexibility index (Phi) is 4.26. The molecule has 0 spiro atoms. The van der Waals surface area contributed by atoms with E-state index in [0.29, 0.717) is 22.7 Å². The van der Waals surface area contributed by atoms with Crippen LogP contribution in [0, 0.1) is 6.92 Å². The van der Waals surface area contributed by atoms with Crippen molar-refractivity contribution in [3.8, 4) is 0 Å². The third-order valence-electron chi connectivity index (χ3n) is 4.26. The van der Waals surface area contributed by atoms with E-state index in [4.69, 9.17) is 4.74 Å². The minimum absolute atomic E-state index is 0.239. The van der Waals surface area contributed by atoms with Crippen LogP contribution in [-0.4, -0.2) is 16.9 Å². The zero-order valence-corrected chi connectivity index (χ0v) is 14.9.